The lowest BCUT2D eigenvalue weighted by Crippen LogP contribution is -2.40. The normalized spacial score (nSPS) is 17.1. The van der Waals surface area contributed by atoms with E-state index >= 15 is 0 Å². The molecule has 0 bridgehead atoms. The molecule has 27 heavy (non-hydrogen) atoms. The van der Waals surface area contributed by atoms with Crippen molar-refractivity contribution < 1.29 is 14.3 Å². The van der Waals surface area contributed by atoms with Gasteiger partial charge in [-0.15, -0.1) is 0 Å². The molecule has 0 aromatic heterocycles. The zero-order valence-electron chi connectivity index (χ0n) is 15.1. The zero-order chi connectivity index (χ0) is 18.6. The van der Waals surface area contributed by atoms with Crippen LogP contribution in [0.4, 0.5) is 0 Å². The zero-order valence-corrected chi connectivity index (χ0v) is 15.9. The van der Waals surface area contributed by atoms with Crippen molar-refractivity contribution in [1.29, 1.82) is 0 Å². The molecule has 0 saturated carbocycles. The van der Waals surface area contributed by atoms with Crippen molar-refractivity contribution in [2.75, 3.05) is 19.9 Å². The van der Waals surface area contributed by atoms with Gasteiger partial charge >= 0.3 is 0 Å². The van der Waals surface area contributed by atoms with Gasteiger partial charge in [0.15, 0.2) is 11.5 Å². The van der Waals surface area contributed by atoms with Gasteiger partial charge in [0.25, 0.3) is 0 Å². The summed E-state index contributed by atoms with van der Waals surface area (Å²) in [5.74, 6) is 1.72. The Bertz CT molecular complexity index is 819. The molecule has 5 nitrogen and oxygen atoms in total. The smallest absolute Gasteiger partial charge is 0.231 e. The number of carbonyl (C=O) groups excluding carboxylic acids is 1. The van der Waals surface area contributed by atoms with Gasteiger partial charge in [0.2, 0.25) is 12.7 Å². The lowest BCUT2D eigenvalue weighted by molar-refractivity contribution is -0.126. The number of benzene rings is 2. The van der Waals surface area contributed by atoms with Crippen LogP contribution in [0.3, 0.4) is 0 Å². The minimum atomic E-state index is 0.0784. The number of hydrogen-bond donors (Lipinski definition) is 1. The van der Waals surface area contributed by atoms with Crippen molar-refractivity contribution >= 4 is 17.5 Å². The largest absolute Gasteiger partial charge is 0.454 e. The maximum atomic E-state index is 12.5. The summed E-state index contributed by atoms with van der Waals surface area (Å²) in [7, 11) is 0. The Labute approximate surface area is 164 Å². The van der Waals surface area contributed by atoms with E-state index in [1.165, 1.54) is 5.56 Å². The molecule has 1 amide bonds. The van der Waals surface area contributed by atoms with Crippen molar-refractivity contribution in [3.63, 3.8) is 0 Å². The Morgan fingerprint density at radius 1 is 1.07 bits per heavy atom. The highest BCUT2D eigenvalue weighted by molar-refractivity contribution is 6.30. The Kier molecular flexibility index (Phi) is 5.50. The van der Waals surface area contributed by atoms with Gasteiger partial charge in [-0.05, 0) is 61.3 Å². The highest BCUT2D eigenvalue weighted by atomic mass is 35.5. The number of rotatable bonds is 5. The van der Waals surface area contributed by atoms with Crippen LogP contribution in [0.15, 0.2) is 42.5 Å². The maximum absolute atomic E-state index is 12.5. The van der Waals surface area contributed by atoms with Crippen LogP contribution in [0.2, 0.25) is 5.02 Å². The second kappa shape index (κ2) is 8.19. The molecule has 1 N–H and O–H groups in total. The van der Waals surface area contributed by atoms with Crippen molar-refractivity contribution in [2.45, 2.75) is 25.9 Å². The molecule has 0 spiro atoms. The molecule has 6 heteroatoms. The summed E-state index contributed by atoms with van der Waals surface area (Å²) in [6.07, 6.45) is 1.76. The summed E-state index contributed by atoms with van der Waals surface area (Å²) in [6, 6.07) is 13.7. The van der Waals surface area contributed by atoms with E-state index in [-0.39, 0.29) is 18.6 Å². The highest BCUT2D eigenvalue weighted by Gasteiger charge is 2.25. The van der Waals surface area contributed by atoms with Gasteiger partial charge < -0.3 is 14.8 Å². The molecule has 2 aliphatic rings. The number of fused-ring (bicyclic) bond motifs is 1. The summed E-state index contributed by atoms with van der Waals surface area (Å²) in [5, 5.41) is 3.83. The second-order valence-electron chi connectivity index (χ2n) is 7.09. The van der Waals surface area contributed by atoms with Crippen LogP contribution >= 0.6 is 11.6 Å². The van der Waals surface area contributed by atoms with Gasteiger partial charge in [-0.3, -0.25) is 9.69 Å². The van der Waals surface area contributed by atoms with E-state index < -0.39 is 0 Å². The molecule has 1 fully saturated rings. The van der Waals surface area contributed by atoms with Crippen molar-refractivity contribution in [3.8, 4) is 11.5 Å². The topological polar surface area (TPSA) is 50.8 Å². The van der Waals surface area contributed by atoms with Gasteiger partial charge in [0.1, 0.15) is 0 Å². The maximum Gasteiger partial charge on any atom is 0.231 e. The van der Waals surface area contributed by atoms with E-state index in [9.17, 15) is 4.79 Å². The van der Waals surface area contributed by atoms with Crippen molar-refractivity contribution in [2.24, 2.45) is 5.92 Å². The van der Waals surface area contributed by atoms with Crippen molar-refractivity contribution in [3.05, 3.63) is 58.6 Å². The van der Waals surface area contributed by atoms with Gasteiger partial charge in [0, 0.05) is 24.0 Å². The van der Waals surface area contributed by atoms with Crippen LogP contribution in [0.5, 0.6) is 11.5 Å². The fraction of sp³-hybridized carbons (Fsp3) is 0.381. The van der Waals surface area contributed by atoms with Crippen LogP contribution < -0.4 is 14.8 Å². The van der Waals surface area contributed by atoms with Gasteiger partial charge in [-0.2, -0.15) is 0 Å². The van der Waals surface area contributed by atoms with E-state index in [2.05, 4.69) is 16.3 Å². The predicted octanol–water partition coefficient (Wildman–Crippen LogP) is 3.60. The average Bonchev–Trinajstić information content (AvgIpc) is 3.14. The number of nitrogens with zero attached hydrogens (tertiary/aromatic N) is 1. The standard InChI is InChI=1S/C21H23ClN2O3/c22-18-3-1-2-16(10-18)13-24-8-6-17(7-9-24)21(25)23-12-15-4-5-19-20(11-15)27-14-26-19/h1-5,10-11,17H,6-9,12-14H2,(H,23,25). The number of hydrogen-bond acceptors (Lipinski definition) is 4. The van der Waals surface area contributed by atoms with E-state index in [1.807, 2.05) is 36.4 Å². The number of carbonyl (C=O) groups is 1. The van der Waals surface area contributed by atoms with Gasteiger partial charge in [-0.25, -0.2) is 0 Å². The van der Waals surface area contributed by atoms with Crippen LogP contribution in [0, 0.1) is 5.92 Å². The molecule has 1 saturated heterocycles. The molecule has 2 aromatic rings. The molecule has 4 rings (SSSR count). The quantitative estimate of drug-likeness (QED) is 0.853. The first-order valence-corrected chi connectivity index (χ1v) is 9.68. The molecule has 2 aromatic carbocycles. The highest BCUT2D eigenvalue weighted by Crippen LogP contribution is 2.32. The lowest BCUT2D eigenvalue weighted by Gasteiger charge is -2.31. The van der Waals surface area contributed by atoms with Crippen molar-refractivity contribution in [1.82, 2.24) is 10.2 Å². The van der Waals surface area contributed by atoms with Crippen LogP contribution in [0.25, 0.3) is 0 Å². The number of nitrogens with one attached hydrogen (secondary N) is 1. The minimum absolute atomic E-state index is 0.0784. The van der Waals surface area contributed by atoms with Crippen LogP contribution in [0.1, 0.15) is 24.0 Å². The summed E-state index contributed by atoms with van der Waals surface area (Å²) < 4.78 is 10.7. The third-order valence-electron chi connectivity index (χ3n) is 5.16. The van der Waals surface area contributed by atoms with Crippen LogP contribution in [-0.4, -0.2) is 30.7 Å². The van der Waals surface area contributed by atoms with E-state index in [1.54, 1.807) is 0 Å². The Morgan fingerprint density at radius 2 is 1.89 bits per heavy atom. The molecule has 2 aliphatic heterocycles. The Hall–Kier alpha value is -2.24. The molecular weight excluding hydrogens is 364 g/mol. The molecular formula is C21H23ClN2O3. The summed E-state index contributed by atoms with van der Waals surface area (Å²) in [6.45, 7) is 3.51. The second-order valence-corrected chi connectivity index (χ2v) is 7.52. The number of halogens is 1. The minimum Gasteiger partial charge on any atom is -0.454 e. The summed E-state index contributed by atoms with van der Waals surface area (Å²) in [5.41, 5.74) is 2.24. The van der Waals surface area contributed by atoms with Gasteiger partial charge in [0.05, 0.1) is 0 Å². The van der Waals surface area contributed by atoms with Gasteiger partial charge in [-0.1, -0.05) is 29.8 Å². The first-order chi connectivity index (χ1) is 13.2. The summed E-state index contributed by atoms with van der Waals surface area (Å²) >= 11 is 6.06. The number of piperidine rings is 1. The van der Waals surface area contributed by atoms with E-state index in [0.717, 1.165) is 54.6 Å². The number of ether oxygens (including phenoxy) is 2. The Balaban J connectivity index is 1.24. The SMILES string of the molecule is O=C(NCc1ccc2c(c1)OCO2)C1CCN(Cc2cccc(Cl)c2)CC1. The fourth-order valence-corrected chi connectivity index (χ4v) is 3.84. The first kappa shape index (κ1) is 18.1. The third kappa shape index (κ3) is 4.54. The fourth-order valence-electron chi connectivity index (χ4n) is 3.63. The summed E-state index contributed by atoms with van der Waals surface area (Å²) in [4.78, 5) is 14.9. The van der Waals surface area contributed by atoms with E-state index in [0.29, 0.717) is 6.54 Å². The molecule has 0 atom stereocenters. The predicted molar refractivity (Wildman–Crippen MR) is 104 cm³/mol. The molecule has 2 heterocycles. The van der Waals surface area contributed by atoms with E-state index in [4.69, 9.17) is 21.1 Å². The molecule has 0 unspecified atom stereocenters. The first-order valence-electron chi connectivity index (χ1n) is 9.30. The third-order valence-corrected chi connectivity index (χ3v) is 5.39. The number of likely N-dealkylation sites (tertiary alicyclic amines) is 1. The molecule has 0 aliphatic carbocycles. The Morgan fingerprint density at radius 3 is 2.70 bits per heavy atom. The number of amides is 1. The monoisotopic (exact) mass is 386 g/mol. The lowest BCUT2D eigenvalue weighted by atomic mass is 9.95. The van der Waals surface area contributed by atoms with Crippen LogP contribution in [-0.2, 0) is 17.9 Å². The molecule has 142 valence electrons. The average molecular weight is 387 g/mol. The molecule has 0 radical (unpaired) electrons.